The standard InChI is InChI=1S/C22H27N5O2/c1-5-14(2)19(25-20(28)15-9-8-10-16(13-15)27(3)4)21(29)26-22-23-17-11-6-7-12-18(17)24-22/h6-14,19H,5H2,1-4H3,(H,25,28)(H2,23,24,26,29)/t14-,19+/m1/s1. The van der Waals surface area contributed by atoms with Crippen LogP contribution in [0.15, 0.2) is 48.5 Å². The van der Waals surface area contributed by atoms with Crippen LogP contribution in [0.4, 0.5) is 11.6 Å². The van der Waals surface area contributed by atoms with Gasteiger partial charge in [0.1, 0.15) is 6.04 Å². The molecule has 2 atom stereocenters. The highest BCUT2D eigenvalue weighted by molar-refractivity contribution is 6.01. The number of fused-ring (bicyclic) bond motifs is 1. The minimum Gasteiger partial charge on any atom is -0.378 e. The van der Waals surface area contributed by atoms with E-state index >= 15 is 0 Å². The van der Waals surface area contributed by atoms with Crippen molar-refractivity contribution in [2.45, 2.75) is 26.3 Å². The van der Waals surface area contributed by atoms with Crippen LogP contribution in [-0.2, 0) is 4.79 Å². The van der Waals surface area contributed by atoms with E-state index in [0.29, 0.717) is 11.5 Å². The van der Waals surface area contributed by atoms with Gasteiger partial charge >= 0.3 is 0 Å². The number of H-pyrrole nitrogens is 1. The van der Waals surface area contributed by atoms with Gasteiger partial charge in [-0.05, 0) is 36.2 Å². The SMILES string of the molecule is CC[C@@H](C)[C@H](NC(=O)c1cccc(N(C)C)c1)C(=O)Nc1nc2ccccc2[nH]1. The molecule has 29 heavy (non-hydrogen) atoms. The van der Waals surface area contributed by atoms with E-state index in [1.807, 2.05) is 69.2 Å². The molecule has 0 unspecified atom stereocenters. The Bertz CT molecular complexity index is 978. The zero-order valence-electron chi connectivity index (χ0n) is 17.2. The van der Waals surface area contributed by atoms with Crippen LogP contribution in [0.25, 0.3) is 11.0 Å². The lowest BCUT2D eigenvalue weighted by Gasteiger charge is -2.23. The first kappa shape index (κ1) is 20.4. The number of benzene rings is 2. The van der Waals surface area contributed by atoms with E-state index in [0.717, 1.165) is 23.1 Å². The van der Waals surface area contributed by atoms with Crippen LogP contribution < -0.4 is 15.5 Å². The number of aromatic amines is 1. The highest BCUT2D eigenvalue weighted by Gasteiger charge is 2.27. The Morgan fingerprint density at radius 3 is 2.59 bits per heavy atom. The molecule has 0 saturated heterocycles. The number of nitrogens with zero attached hydrogens (tertiary/aromatic N) is 2. The summed E-state index contributed by atoms with van der Waals surface area (Å²) in [6.07, 6.45) is 0.746. The number of carbonyl (C=O) groups is 2. The molecule has 7 nitrogen and oxygen atoms in total. The number of amides is 2. The number of imidazole rings is 1. The predicted molar refractivity (Wildman–Crippen MR) is 116 cm³/mol. The minimum atomic E-state index is -0.677. The molecule has 0 aliphatic rings. The quantitative estimate of drug-likeness (QED) is 0.574. The molecule has 0 aliphatic carbocycles. The predicted octanol–water partition coefficient (Wildman–Crippen LogP) is 3.41. The van der Waals surface area contributed by atoms with Gasteiger partial charge in [-0.3, -0.25) is 14.9 Å². The average molecular weight is 393 g/mol. The van der Waals surface area contributed by atoms with Gasteiger partial charge in [-0.1, -0.05) is 38.5 Å². The lowest BCUT2D eigenvalue weighted by molar-refractivity contribution is -0.119. The Morgan fingerprint density at radius 1 is 1.14 bits per heavy atom. The molecule has 1 aromatic heterocycles. The third-order valence-corrected chi connectivity index (χ3v) is 5.04. The summed E-state index contributed by atoms with van der Waals surface area (Å²) in [6, 6.07) is 14.2. The summed E-state index contributed by atoms with van der Waals surface area (Å²) in [5, 5.41) is 5.70. The first-order chi connectivity index (χ1) is 13.9. The molecule has 2 amide bonds. The fraction of sp³-hybridized carbons (Fsp3) is 0.318. The maximum Gasteiger partial charge on any atom is 0.252 e. The summed E-state index contributed by atoms with van der Waals surface area (Å²) in [7, 11) is 3.83. The van der Waals surface area contributed by atoms with Gasteiger partial charge in [-0.2, -0.15) is 0 Å². The Kier molecular flexibility index (Phi) is 6.16. The number of hydrogen-bond acceptors (Lipinski definition) is 4. The molecule has 7 heteroatoms. The highest BCUT2D eigenvalue weighted by atomic mass is 16.2. The van der Waals surface area contributed by atoms with E-state index in [2.05, 4.69) is 20.6 Å². The molecule has 0 fully saturated rings. The van der Waals surface area contributed by atoms with E-state index in [1.165, 1.54) is 0 Å². The molecule has 2 aromatic carbocycles. The number of rotatable bonds is 7. The van der Waals surface area contributed by atoms with Crippen LogP contribution in [0.3, 0.4) is 0 Å². The smallest absolute Gasteiger partial charge is 0.252 e. The largest absolute Gasteiger partial charge is 0.378 e. The first-order valence-electron chi connectivity index (χ1n) is 9.73. The van der Waals surface area contributed by atoms with Gasteiger partial charge in [0.15, 0.2) is 0 Å². The summed E-state index contributed by atoms with van der Waals surface area (Å²) >= 11 is 0. The average Bonchev–Trinajstić information content (AvgIpc) is 3.13. The summed E-state index contributed by atoms with van der Waals surface area (Å²) < 4.78 is 0. The van der Waals surface area contributed by atoms with Crippen molar-refractivity contribution in [3.05, 3.63) is 54.1 Å². The van der Waals surface area contributed by atoms with Crippen molar-refractivity contribution in [3.63, 3.8) is 0 Å². The van der Waals surface area contributed by atoms with Crippen molar-refractivity contribution in [1.29, 1.82) is 0 Å². The van der Waals surface area contributed by atoms with E-state index in [4.69, 9.17) is 0 Å². The van der Waals surface area contributed by atoms with Crippen LogP contribution in [0.1, 0.15) is 30.6 Å². The van der Waals surface area contributed by atoms with Gasteiger partial charge < -0.3 is 15.2 Å². The number of hydrogen-bond donors (Lipinski definition) is 3. The summed E-state index contributed by atoms with van der Waals surface area (Å²) in [5.74, 6) is -0.247. The second-order valence-corrected chi connectivity index (χ2v) is 7.37. The molecule has 0 spiro atoms. The minimum absolute atomic E-state index is 0.0413. The second-order valence-electron chi connectivity index (χ2n) is 7.37. The first-order valence-corrected chi connectivity index (χ1v) is 9.73. The molecule has 3 aromatic rings. The topological polar surface area (TPSA) is 90.1 Å². The third-order valence-electron chi connectivity index (χ3n) is 5.04. The molecule has 0 bridgehead atoms. The van der Waals surface area contributed by atoms with Crippen LogP contribution in [0.5, 0.6) is 0 Å². The van der Waals surface area contributed by atoms with Crippen molar-refractivity contribution in [2.24, 2.45) is 5.92 Å². The van der Waals surface area contributed by atoms with E-state index in [-0.39, 0.29) is 17.7 Å². The van der Waals surface area contributed by atoms with Gasteiger partial charge in [0.05, 0.1) is 11.0 Å². The maximum atomic E-state index is 12.9. The molecule has 0 saturated carbocycles. The van der Waals surface area contributed by atoms with Crippen molar-refractivity contribution >= 4 is 34.5 Å². The second kappa shape index (κ2) is 8.77. The maximum absolute atomic E-state index is 12.9. The lowest BCUT2D eigenvalue weighted by Crippen LogP contribution is -2.47. The Hall–Kier alpha value is -3.35. The van der Waals surface area contributed by atoms with Crippen LogP contribution in [0.2, 0.25) is 0 Å². The van der Waals surface area contributed by atoms with Gasteiger partial charge in [-0.15, -0.1) is 0 Å². The van der Waals surface area contributed by atoms with Gasteiger partial charge in [-0.25, -0.2) is 4.98 Å². The number of nitrogens with one attached hydrogen (secondary N) is 3. The molecule has 152 valence electrons. The Balaban J connectivity index is 1.77. The molecular formula is C22H27N5O2. The zero-order chi connectivity index (χ0) is 21.0. The monoisotopic (exact) mass is 393 g/mol. The van der Waals surface area contributed by atoms with Crippen LogP contribution >= 0.6 is 0 Å². The fourth-order valence-electron chi connectivity index (χ4n) is 3.06. The molecule has 1 heterocycles. The van der Waals surface area contributed by atoms with Gasteiger partial charge in [0.25, 0.3) is 5.91 Å². The Morgan fingerprint density at radius 2 is 1.90 bits per heavy atom. The van der Waals surface area contributed by atoms with E-state index in [1.54, 1.807) is 12.1 Å². The zero-order valence-corrected chi connectivity index (χ0v) is 17.2. The summed E-state index contributed by atoms with van der Waals surface area (Å²) in [4.78, 5) is 35.1. The molecule has 3 N–H and O–H groups in total. The normalized spacial score (nSPS) is 13.0. The number of aromatic nitrogens is 2. The van der Waals surface area contributed by atoms with Crippen molar-refractivity contribution in [2.75, 3.05) is 24.3 Å². The number of anilines is 2. The third kappa shape index (κ3) is 4.74. The number of para-hydroxylation sites is 2. The van der Waals surface area contributed by atoms with Crippen molar-refractivity contribution in [3.8, 4) is 0 Å². The Labute approximate surface area is 170 Å². The van der Waals surface area contributed by atoms with E-state index in [9.17, 15) is 9.59 Å². The van der Waals surface area contributed by atoms with E-state index < -0.39 is 6.04 Å². The van der Waals surface area contributed by atoms with Gasteiger partial charge in [0.2, 0.25) is 11.9 Å². The summed E-state index contributed by atoms with van der Waals surface area (Å²) in [6.45, 7) is 3.93. The number of carbonyl (C=O) groups excluding carboxylic acids is 2. The highest BCUT2D eigenvalue weighted by Crippen LogP contribution is 2.17. The van der Waals surface area contributed by atoms with Crippen molar-refractivity contribution < 1.29 is 9.59 Å². The van der Waals surface area contributed by atoms with Crippen LogP contribution in [0, 0.1) is 5.92 Å². The fourth-order valence-corrected chi connectivity index (χ4v) is 3.06. The summed E-state index contributed by atoms with van der Waals surface area (Å²) in [5.41, 5.74) is 3.05. The lowest BCUT2D eigenvalue weighted by atomic mass is 9.98. The molecule has 0 radical (unpaired) electrons. The van der Waals surface area contributed by atoms with Crippen LogP contribution in [-0.4, -0.2) is 41.9 Å². The molecular weight excluding hydrogens is 366 g/mol. The molecule has 3 rings (SSSR count). The van der Waals surface area contributed by atoms with Gasteiger partial charge in [0, 0.05) is 25.3 Å². The van der Waals surface area contributed by atoms with Crippen molar-refractivity contribution in [1.82, 2.24) is 15.3 Å². The molecule has 0 aliphatic heterocycles.